The Morgan fingerprint density at radius 2 is 2.07 bits per heavy atom. The van der Waals surface area contributed by atoms with Crippen molar-refractivity contribution >= 4 is 5.97 Å². The predicted molar refractivity (Wildman–Crippen MR) is 57.6 cm³/mol. The third kappa shape index (κ3) is 2.19. The predicted octanol–water partition coefficient (Wildman–Crippen LogP) is 1.87. The largest absolute Gasteiger partial charge is 0.469 e. The number of carbonyl (C=O) groups is 1. The van der Waals surface area contributed by atoms with Crippen LogP contribution in [0.15, 0.2) is 6.33 Å². The molecule has 2 unspecified atom stereocenters. The monoisotopic (exact) mass is 210 g/mol. The molecule has 2 atom stereocenters. The van der Waals surface area contributed by atoms with E-state index < -0.39 is 0 Å². The van der Waals surface area contributed by atoms with Crippen LogP contribution in [0.25, 0.3) is 0 Å². The van der Waals surface area contributed by atoms with E-state index in [2.05, 4.69) is 4.98 Å². The molecule has 0 saturated heterocycles. The molecule has 0 aliphatic heterocycles. The fourth-order valence-corrected chi connectivity index (χ4v) is 1.55. The van der Waals surface area contributed by atoms with E-state index in [1.54, 1.807) is 6.33 Å². The SMILES string of the molecule is COC(=O)C(C)C(C)n1cnc(C)c1C. The number of carbonyl (C=O) groups excluding carboxylic acids is 1. The highest BCUT2D eigenvalue weighted by molar-refractivity contribution is 5.72. The van der Waals surface area contributed by atoms with Crippen LogP contribution in [0, 0.1) is 19.8 Å². The van der Waals surface area contributed by atoms with Crippen molar-refractivity contribution in [2.45, 2.75) is 33.7 Å². The summed E-state index contributed by atoms with van der Waals surface area (Å²) in [6.07, 6.45) is 1.77. The second kappa shape index (κ2) is 4.47. The number of aryl methyl sites for hydroxylation is 1. The van der Waals surface area contributed by atoms with Gasteiger partial charge in [0.25, 0.3) is 0 Å². The lowest BCUT2D eigenvalue weighted by Crippen LogP contribution is -2.23. The Morgan fingerprint density at radius 1 is 1.47 bits per heavy atom. The normalized spacial score (nSPS) is 14.7. The highest BCUT2D eigenvalue weighted by atomic mass is 16.5. The molecule has 1 rings (SSSR count). The fourth-order valence-electron chi connectivity index (χ4n) is 1.55. The zero-order valence-corrected chi connectivity index (χ0v) is 9.94. The van der Waals surface area contributed by atoms with Crippen molar-refractivity contribution in [3.05, 3.63) is 17.7 Å². The van der Waals surface area contributed by atoms with Crippen molar-refractivity contribution in [1.29, 1.82) is 0 Å². The first-order valence-corrected chi connectivity index (χ1v) is 5.07. The van der Waals surface area contributed by atoms with Crippen LogP contribution in [0.2, 0.25) is 0 Å². The fraction of sp³-hybridized carbons (Fsp3) is 0.636. The quantitative estimate of drug-likeness (QED) is 0.715. The summed E-state index contributed by atoms with van der Waals surface area (Å²) in [4.78, 5) is 15.6. The highest BCUT2D eigenvalue weighted by Crippen LogP contribution is 2.21. The Morgan fingerprint density at radius 3 is 2.47 bits per heavy atom. The third-order valence-corrected chi connectivity index (χ3v) is 3.02. The van der Waals surface area contributed by atoms with Gasteiger partial charge in [0.2, 0.25) is 0 Å². The van der Waals surface area contributed by atoms with Gasteiger partial charge >= 0.3 is 5.97 Å². The minimum Gasteiger partial charge on any atom is -0.469 e. The lowest BCUT2D eigenvalue weighted by atomic mass is 10.0. The van der Waals surface area contributed by atoms with Crippen LogP contribution in [0.1, 0.15) is 31.3 Å². The molecule has 0 radical (unpaired) electrons. The van der Waals surface area contributed by atoms with Crippen LogP contribution in [0.5, 0.6) is 0 Å². The second-order valence-electron chi connectivity index (χ2n) is 3.88. The van der Waals surface area contributed by atoms with E-state index in [0.29, 0.717) is 0 Å². The Hall–Kier alpha value is -1.32. The van der Waals surface area contributed by atoms with Gasteiger partial charge in [0.05, 0.1) is 25.0 Å². The average Bonchev–Trinajstić information content (AvgIpc) is 2.56. The zero-order valence-electron chi connectivity index (χ0n) is 9.94. The number of imidazole rings is 1. The lowest BCUT2D eigenvalue weighted by Gasteiger charge is -2.20. The molecule has 4 nitrogen and oxygen atoms in total. The summed E-state index contributed by atoms with van der Waals surface area (Å²) in [6, 6.07) is 0.0682. The number of ether oxygens (including phenoxy) is 1. The maximum atomic E-state index is 11.4. The molecular formula is C11H18N2O2. The van der Waals surface area contributed by atoms with Crippen molar-refractivity contribution < 1.29 is 9.53 Å². The van der Waals surface area contributed by atoms with Gasteiger partial charge < -0.3 is 9.30 Å². The molecule has 1 heterocycles. The van der Waals surface area contributed by atoms with E-state index >= 15 is 0 Å². The molecule has 0 aromatic carbocycles. The maximum absolute atomic E-state index is 11.4. The van der Waals surface area contributed by atoms with Crippen molar-refractivity contribution in [1.82, 2.24) is 9.55 Å². The molecule has 0 bridgehead atoms. The number of nitrogens with zero attached hydrogens (tertiary/aromatic N) is 2. The van der Waals surface area contributed by atoms with Gasteiger partial charge in [0.15, 0.2) is 0 Å². The molecule has 1 aromatic heterocycles. The van der Waals surface area contributed by atoms with E-state index in [4.69, 9.17) is 4.74 Å². The van der Waals surface area contributed by atoms with Crippen LogP contribution in [-0.4, -0.2) is 22.6 Å². The zero-order chi connectivity index (χ0) is 11.6. The average molecular weight is 210 g/mol. The second-order valence-corrected chi connectivity index (χ2v) is 3.88. The molecule has 0 amide bonds. The molecule has 0 saturated carbocycles. The number of aromatic nitrogens is 2. The first kappa shape index (κ1) is 11.8. The summed E-state index contributed by atoms with van der Waals surface area (Å²) in [5.74, 6) is -0.351. The molecule has 0 spiro atoms. The standard InChI is InChI=1S/C11H18N2O2/c1-7(11(14)15-5)9(3)13-6-12-8(2)10(13)4/h6-7,9H,1-5H3. The van der Waals surface area contributed by atoms with E-state index in [1.165, 1.54) is 7.11 Å². The van der Waals surface area contributed by atoms with Gasteiger partial charge in [-0.2, -0.15) is 0 Å². The van der Waals surface area contributed by atoms with E-state index in [0.717, 1.165) is 11.4 Å². The van der Waals surface area contributed by atoms with Crippen LogP contribution in [0.4, 0.5) is 0 Å². The van der Waals surface area contributed by atoms with Gasteiger partial charge in [-0.15, -0.1) is 0 Å². The van der Waals surface area contributed by atoms with Gasteiger partial charge in [0.1, 0.15) is 0 Å². The first-order chi connectivity index (χ1) is 6.99. The molecule has 84 valence electrons. The highest BCUT2D eigenvalue weighted by Gasteiger charge is 2.23. The summed E-state index contributed by atoms with van der Waals surface area (Å²) in [6.45, 7) is 7.82. The number of methoxy groups -OCH3 is 1. The molecule has 4 heteroatoms. The van der Waals surface area contributed by atoms with Crippen LogP contribution in [-0.2, 0) is 9.53 Å². The number of rotatable bonds is 3. The maximum Gasteiger partial charge on any atom is 0.310 e. The third-order valence-electron chi connectivity index (χ3n) is 3.02. The summed E-state index contributed by atoms with van der Waals surface area (Å²) >= 11 is 0. The molecule has 0 aliphatic rings. The Bertz CT molecular complexity index is 357. The number of esters is 1. The Balaban J connectivity index is 2.89. The van der Waals surface area contributed by atoms with Crippen LogP contribution >= 0.6 is 0 Å². The van der Waals surface area contributed by atoms with Gasteiger partial charge in [-0.3, -0.25) is 4.79 Å². The van der Waals surface area contributed by atoms with Gasteiger partial charge in [-0.25, -0.2) is 4.98 Å². The van der Waals surface area contributed by atoms with Crippen molar-refractivity contribution in [3.8, 4) is 0 Å². The van der Waals surface area contributed by atoms with E-state index in [9.17, 15) is 4.79 Å². The topological polar surface area (TPSA) is 44.1 Å². The minimum absolute atomic E-state index is 0.0682. The summed E-state index contributed by atoms with van der Waals surface area (Å²) in [7, 11) is 1.41. The summed E-state index contributed by atoms with van der Waals surface area (Å²) in [5, 5.41) is 0. The molecule has 0 aliphatic carbocycles. The molecule has 0 fully saturated rings. The first-order valence-electron chi connectivity index (χ1n) is 5.07. The van der Waals surface area contributed by atoms with Crippen molar-refractivity contribution in [2.75, 3.05) is 7.11 Å². The molecule has 15 heavy (non-hydrogen) atoms. The van der Waals surface area contributed by atoms with Crippen LogP contribution < -0.4 is 0 Å². The van der Waals surface area contributed by atoms with E-state index in [1.807, 2.05) is 32.3 Å². The Labute approximate surface area is 90.3 Å². The lowest BCUT2D eigenvalue weighted by molar-refractivity contribution is -0.146. The summed E-state index contributed by atoms with van der Waals surface area (Å²) in [5.41, 5.74) is 2.09. The van der Waals surface area contributed by atoms with Crippen LogP contribution in [0.3, 0.4) is 0 Å². The smallest absolute Gasteiger partial charge is 0.310 e. The van der Waals surface area contributed by atoms with Gasteiger partial charge in [0, 0.05) is 11.7 Å². The van der Waals surface area contributed by atoms with Crippen molar-refractivity contribution in [3.63, 3.8) is 0 Å². The Kier molecular flexibility index (Phi) is 3.50. The van der Waals surface area contributed by atoms with Gasteiger partial charge in [-0.05, 0) is 27.7 Å². The van der Waals surface area contributed by atoms with Crippen molar-refractivity contribution in [2.24, 2.45) is 5.92 Å². The van der Waals surface area contributed by atoms with Gasteiger partial charge in [-0.1, -0.05) is 0 Å². The number of hydrogen-bond donors (Lipinski definition) is 0. The molecular weight excluding hydrogens is 192 g/mol. The summed E-state index contributed by atoms with van der Waals surface area (Å²) < 4.78 is 6.74. The van der Waals surface area contributed by atoms with E-state index in [-0.39, 0.29) is 17.9 Å². The minimum atomic E-state index is -0.187. The molecule has 0 N–H and O–H groups in total. The molecule has 1 aromatic rings. The number of hydrogen-bond acceptors (Lipinski definition) is 3.